The Morgan fingerprint density at radius 2 is 2.00 bits per heavy atom. The van der Waals surface area contributed by atoms with Crippen molar-refractivity contribution < 1.29 is 4.39 Å². The van der Waals surface area contributed by atoms with Crippen LogP contribution in [-0.2, 0) is 0 Å². The van der Waals surface area contributed by atoms with Crippen molar-refractivity contribution in [3.63, 3.8) is 0 Å². The molecule has 7 heteroatoms. The molecule has 5 nitrogen and oxygen atoms in total. The standard InChI is InChI=1S/C14H11ClFN5/c1-8-2-4-11(16)13(6-8)21-14(18-19-20-21)9-3-5-12(17)10(15)7-9/h2-7H,17H2,1H3. The molecular formula is C14H11ClFN5. The first-order valence-electron chi connectivity index (χ1n) is 6.16. The maximum absolute atomic E-state index is 14.0. The van der Waals surface area contributed by atoms with Crippen molar-refractivity contribution in [2.24, 2.45) is 0 Å². The maximum Gasteiger partial charge on any atom is 0.187 e. The Bertz CT molecular complexity index is 815. The van der Waals surface area contributed by atoms with E-state index in [1.807, 2.05) is 6.92 Å². The average Bonchev–Trinajstić information content (AvgIpc) is 2.93. The van der Waals surface area contributed by atoms with Crippen molar-refractivity contribution in [1.29, 1.82) is 0 Å². The number of aromatic nitrogens is 4. The van der Waals surface area contributed by atoms with Crippen LogP contribution in [0, 0.1) is 12.7 Å². The van der Waals surface area contributed by atoms with Crippen molar-refractivity contribution in [2.45, 2.75) is 6.92 Å². The van der Waals surface area contributed by atoms with E-state index < -0.39 is 5.82 Å². The van der Waals surface area contributed by atoms with Gasteiger partial charge in [0.15, 0.2) is 5.82 Å². The van der Waals surface area contributed by atoms with E-state index in [9.17, 15) is 4.39 Å². The molecule has 106 valence electrons. The van der Waals surface area contributed by atoms with Crippen LogP contribution in [-0.4, -0.2) is 20.2 Å². The molecule has 2 aromatic carbocycles. The number of nitrogens with zero attached hydrogens (tertiary/aromatic N) is 4. The average molecular weight is 304 g/mol. The highest BCUT2D eigenvalue weighted by atomic mass is 35.5. The number of rotatable bonds is 2. The molecule has 0 aliphatic heterocycles. The third-order valence-corrected chi connectivity index (χ3v) is 3.39. The summed E-state index contributed by atoms with van der Waals surface area (Å²) in [7, 11) is 0. The Labute approximate surface area is 125 Å². The molecule has 1 heterocycles. The van der Waals surface area contributed by atoms with Gasteiger partial charge in [-0.15, -0.1) is 5.10 Å². The largest absolute Gasteiger partial charge is 0.398 e. The molecular weight excluding hydrogens is 293 g/mol. The van der Waals surface area contributed by atoms with Gasteiger partial charge in [-0.2, -0.15) is 4.68 Å². The lowest BCUT2D eigenvalue weighted by atomic mass is 10.1. The Balaban J connectivity index is 2.17. The minimum atomic E-state index is -0.407. The van der Waals surface area contributed by atoms with Gasteiger partial charge in [-0.05, 0) is 53.2 Å². The fourth-order valence-corrected chi connectivity index (χ4v) is 2.16. The number of benzene rings is 2. The molecule has 0 saturated carbocycles. The summed E-state index contributed by atoms with van der Waals surface area (Å²) in [6.45, 7) is 1.87. The molecule has 0 aliphatic rings. The second kappa shape index (κ2) is 5.14. The van der Waals surface area contributed by atoms with Gasteiger partial charge in [0, 0.05) is 5.56 Å². The Hall–Kier alpha value is -2.47. The second-order valence-corrected chi connectivity index (χ2v) is 5.01. The van der Waals surface area contributed by atoms with Gasteiger partial charge < -0.3 is 5.73 Å². The van der Waals surface area contributed by atoms with Crippen molar-refractivity contribution in [3.05, 3.63) is 52.8 Å². The first-order chi connectivity index (χ1) is 10.1. The molecule has 0 atom stereocenters. The van der Waals surface area contributed by atoms with Gasteiger partial charge >= 0.3 is 0 Å². The lowest BCUT2D eigenvalue weighted by molar-refractivity contribution is 0.607. The van der Waals surface area contributed by atoms with Gasteiger partial charge in [-0.3, -0.25) is 0 Å². The third kappa shape index (κ3) is 2.45. The number of nitrogen functional groups attached to an aromatic ring is 1. The summed E-state index contributed by atoms with van der Waals surface area (Å²) in [5.74, 6) is -0.0166. The Kier molecular flexibility index (Phi) is 3.31. The van der Waals surface area contributed by atoms with Crippen LogP contribution in [0.25, 0.3) is 17.1 Å². The van der Waals surface area contributed by atoms with E-state index in [-0.39, 0.29) is 5.69 Å². The van der Waals surface area contributed by atoms with Gasteiger partial charge in [-0.1, -0.05) is 17.7 Å². The van der Waals surface area contributed by atoms with Gasteiger partial charge in [-0.25, -0.2) is 4.39 Å². The number of tetrazole rings is 1. The van der Waals surface area contributed by atoms with E-state index in [0.29, 0.717) is 22.1 Å². The van der Waals surface area contributed by atoms with Gasteiger partial charge in [0.2, 0.25) is 0 Å². The van der Waals surface area contributed by atoms with Crippen LogP contribution in [0.2, 0.25) is 5.02 Å². The predicted octanol–water partition coefficient (Wildman–Crippen LogP) is 3.01. The monoisotopic (exact) mass is 303 g/mol. The number of nitrogens with two attached hydrogens (primary N) is 1. The molecule has 0 bridgehead atoms. The number of halogens is 2. The van der Waals surface area contributed by atoms with Gasteiger partial charge in [0.1, 0.15) is 11.5 Å². The van der Waals surface area contributed by atoms with Crippen LogP contribution >= 0.6 is 11.6 Å². The molecule has 2 N–H and O–H groups in total. The molecule has 0 fully saturated rings. The molecule has 0 aliphatic carbocycles. The maximum atomic E-state index is 14.0. The summed E-state index contributed by atoms with van der Waals surface area (Å²) in [4.78, 5) is 0. The zero-order valence-corrected chi connectivity index (χ0v) is 11.8. The van der Waals surface area contributed by atoms with E-state index >= 15 is 0 Å². The summed E-state index contributed by atoms with van der Waals surface area (Å²) in [6.07, 6.45) is 0. The van der Waals surface area contributed by atoms with Crippen LogP contribution in [0.5, 0.6) is 0 Å². The SMILES string of the molecule is Cc1ccc(F)c(-n2nnnc2-c2ccc(N)c(Cl)c2)c1. The fraction of sp³-hybridized carbons (Fsp3) is 0.0714. The first-order valence-corrected chi connectivity index (χ1v) is 6.54. The normalized spacial score (nSPS) is 10.8. The summed E-state index contributed by atoms with van der Waals surface area (Å²) >= 11 is 6.01. The number of hydrogen-bond acceptors (Lipinski definition) is 4. The summed E-state index contributed by atoms with van der Waals surface area (Å²) in [6, 6.07) is 9.77. The lowest BCUT2D eigenvalue weighted by Gasteiger charge is -2.07. The van der Waals surface area contributed by atoms with Crippen LogP contribution < -0.4 is 5.73 Å². The van der Waals surface area contributed by atoms with Crippen LogP contribution in [0.1, 0.15) is 5.56 Å². The van der Waals surface area contributed by atoms with Crippen LogP contribution in [0.3, 0.4) is 0 Å². The minimum absolute atomic E-state index is 0.281. The molecule has 0 amide bonds. The predicted molar refractivity (Wildman–Crippen MR) is 78.7 cm³/mol. The molecule has 0 unspecified atom stereocenters. The molecule has 0 saturated heterocycles. The zero-order valence-electron chi connectivity index (χ0n) is 11.1. The highest BCUT2D eigenvalue weighted by Crippen LogP contribution is 2.27. The summed E-state index contributed by atoms with van der Waals surface area (Å²) in [5, 5.41) is 11.8. The highest BCUT2D eigenvalue weighted by Gasteiger charge is 2.15. The Morgan fingerprint density at radius 3 is 2.76 bits per heavy atom. The summed E-state index contributed by atoms with van der Waals surface area (Å²) < 4.78 is 15.3. The van der Waals surface area contributed by atoms with Crippen molar-refractivity contribution in [2.75, 3.05) is 5.73 Å². The summed E-state index contributed by atoms with van der Waals surface area (Å²) in [5.41, 5.74) is 7.98. The minimum Gasteiger partial charge on any atom is -0.398 e. The lowest BCUT2D eigenvalue weighted by Crippen LogP contribution is -2.03. The molecule has 1 aromatic heterocycles. The number of anilines is 1. The topological polar surface area (TPSA) is 69.6 Å². The smallest absolute Gasteiger partial charge is 0.187 e. The molecule has 0 radical (unpaired) electrons. The van der Waals surface area contributed by atoms with E-state index in [1.165, 1.54) is 10.7 Å². The van der Waals surface area contributed by atoms with Crippen LogP contribution in [0.4, 0.5) is 10.1 Å². The quantitative estimate of drug-likeness (QED) is 0.739. The first kappa shape index (κ1) is 13.5. The van der Waals surface area contributed by atoms with Crippen LogP contribution in [0.15, 0.2) is 36.4 Å². The Morgan fingerprint density at radius 1 is 1.19 bits per heavy atom. The number of hydrogen-bond donors (Lipinski definition) is 1. The molecule has 3 aromatic rings. The van der Waals surface area contributed by atoms with Gasteiger partial charge in [0.05, 0.1) is 10.7 Å². The zero-order chi connectivity index (χ0) is 15.0. The van der Waals surface area contributed by atoms with E-state index in [2.05, 4.69) is 15.5 Å². The van der Waals surface area contributed by atoms with E-state index in [0.717, 1.165) is 5.56 Å². The molecule has 0 spiro atoms. The van der Waals surface area contributed by atoms with E-state index in [4.69, 9.17) is 17.3 Å². The van der Waals surface area contributed by atoms with Crippen molar-refractivity contribution in [1.82, 2.24) is 20.2 Å². The van der Waals surface area contributed by atoms with Crippen molar-refractivity contribution in [3.8, 4) is 17.1 Å². The van der Waals surface area contributed by atoms with E-state index in [1.54, 1.807) is 30.3 Å². The van der Waals surface area contributed by atoms with Crippen molar-refractivity contribution >= 4 is 17.3 Å². The number of aryl methyl sites for hydroxylation is 1. The molecule has 3 rings (SSSR count). The molecule has 21 heavy (non-hydrogen) atoms. The highest BCUT2D eigenvalue weighted by molar-refractivity contribution is 6.33. The fourth-order valence-electron chi connectivity index (χ4n) is 1.98. The third-order valence-electron chi connectivity index (χ3n) is 3.06. The second-order valence-electron chi connectivity index (χ2n) is 4.61. The van der Waals surface area contributed by atoms with Gasteiger partial charge in [0.25, 0.3) is 0 Å².